The fourth-order valence-electron chi connectivity index (χ4n) is 9.32. The first-order valence-corrected chi connectivity index (χ1v) is 17.5. The molecular formula is C37H54FN7O3. The van der Waals surface area contributed by atoms with Crippen LogP contribution >= 0.6 is 0 Å². The van der Waals surface area contributed by atoms with E-state index in [9.17, 15) is 9.59 Å². The highest BCUT2D eigenvalue weighted by Gasteiger charge is 2.51. The number of aromatic nitrogens is 4. The summed E-state index contributed by atoms with van der Waals surface area (Å²) in [7, 11) is 1.42. The highest BCUT2D eigenvalue weighted by molar-refractivity contribution is 5.75. The number of alkyl carbamates (subject to hydrolysis) is 1. The summed E-state index contributed by atoms with van der Waals surface area (Å²) in [6.07, 6.45) is 9.31. The van der Waals surface area contributed by atoms with Gasteiger partial charge in [0.1, 0.15) is 11.6 Å². The first-order chi connectivity index (χ1) is 23.3. The van der Waals surface area contributed by atoms with Crippen molar-refractivity contribution in [2.75, 3.05) is 39.8 Å². The molecule has 3 atom stereocenters. The topological polar surface area (TPSA) is 111 Å². The summed E-state index contributed by atoms with van der Waals surface area (Å²) in [4.78, 5) is 39.4. The Kier molecular flexibility index (Phi) is 9.42. The Morgan fingerprint density at radius 1 is 1.08 bits per heavy atom. The fourth-order valence-corrected chi connectivity index (χ4v) is 9.32. The molecule has 0 radical (unpaired) electrons. The number of fused-ring (bicyclic) bond motifs is 1. The average Bonchev–Trinajstić information content (AvgIpc) is 3.80. The van der Waals surface area contributed by atoms with E-state index in [2.05, 4.69) is 52.8 Å². The second-order valence-corrected chi connectivity index (χ2v) is 14.3. The Bertz CT molecular complexity index is 1790. The number of ether oxygens (including phenoxy) is 1. The minimum Gasteiger partial charge on any atom is -0.453 e. The second-order valence-electron chi connectivity index (χ2n) is 14.3. The number of rotatable bonds is 11. The van der Waals surface area contributed by atoms with Crippen molar-refractivity contribution < 1.29 is 18.2 Å². The number of carbonyl (C=O) groups is 1. The van der Waals surface area contributed by atoms with Gasteiger partial charge in [0.15, 0.2) is 0 Å². The normalized spacial score (nSPS) is 22.5. The summed E-state index contributed by atoms with van der Waals surface area (Å²) in [6, 6.07) is 13.4. The summed E-state index contributed by atoms with van der Waals surface area (Å²) in [6.45, 7) is 8.97. The Balaban J connectivity index is 0.00000194. The highest BCUT2D eigenvalue weighted by Crippen LogP contribution is 2.53. The van der Waals surface area contributed by atoms with Gasteiger partial charge in [-0.15, -0.1) is 0 Å². The molecule has 48 heavy (non-hydrogen) atoms. The third kappa shape index (κ3) is 6.67. The molecule has 4 aromatic rings. The number of imidazole rings is 2. The van der Waals surface area contributed by atoms with Crippen molar-refractivity contribution in [2.24, 2.45) is 17.8 Å². The summed E-state index contributed by atoms with van der Waals surface area (Å²) < 4.78 is 22.3. The van der Waals surface area contributed by atoms with Gasteiger partial charge in [-0.3, -0.25) is 4.90 Å². The molecule has 1 aliphatic carbocycles. The molecule has 4 heterocycles. The Morgan fingerprint density at radius 3 is 2.65 bits per heavy atom. The van der Waals surface area contributed by atoms with Crippen LogP contribution in [0.25, 0.3) is 11.0 Å². The molecule has 11 heteroatoms. The number of halogens is 1. The van der Waals surface area contributed by atoms with Gasteiger partial charge in [-0.25, -0.2) is 19.0 Å². The van der Waals surface area contributed by atoms with Crippen LogP contribution in [0.1, 0.15) is 59.8 Å². The maximum Gasteiger partial charge on any atom is 0.407 e. The lowest BCUT2D eigenvalue weighted by Gasteiger charge is -2.51. The van der Waals surface area contributed by atoms with Gasteiger partial charge in [-0.05, 0) is 105 Å². The van der Waals surface area contributed by atoms with Gasteiger partial charge < -0.3 is 29.5 Å². The standard InChI is InChI=1S/C37H48FN7O3.3H2/c1-25-39-14-18-45(25)17-13-37(29-5-3-6-30(38)20-29,31-7-4-8-32(31)42-36(47)48-2)28-11-15-43(16-12-28)22-27-23-44(24-27)21-26-9-10-33-34(19-26)41-35(46)40-33;;;/h3,5-6,9-10,14,18-20,27-28,31-32H,4,7-8,11-13,15-17,21-24H2,1-2H3,(H,42,47)(H2,40,41,46);3*1H/t31-,32-,37-;;;/m0.../s1. The summed E-state index contributed by atoms with van der Waals surface area (Å²) >= 11 is 0. The number of piperidine rings is 1. The average molecular weight is 664 g/mol. The maximum atomic E-state index is 15.0. The number of amides is 1. The molecule has 2 aromatic carbocycles. The second kappa shape index (κ2) is 13.9. The Labute approximate surface area is 285 Å². The van der Waals surface area contributed by atoms with Crippen LogP contribution in [-0.4, -0.2) is 81.3 Å². The number of methoxy groups -OCH3 is 1. The zero-order valence-corrected chi connectivity index (χ0v) is 28.1. The predicted octanol–water partition coefficient (Wildman–Crippen LogP) is 5.94. The highest BCUT2D eigenvalue weighted by atomic mass is 19.1. The third-order valence-corrected chi connectivity index (χ3v) is 11.6. The number of hydrogen-bond donors (Lipinski definition) is 3. The molecule has 0 spiro atoms. The van der Waals surface area contributed by atoms with Gasteiger partial charge in [0.05, 0.1) is 18.1 Å². The van der Waals surface area contributed by atoms with Crippen molar-refractivity contribution in [3.8, 4) is 0 Å². The van der Waals surface area contributed by atoms with Crippen molar-refractivity contribution in [1.29, 1.82) is 0 Å². The molecule has 10 nitrogen and oxygen atoms in total. The van der Waals surface area contributed by atoms with E-state index in [-0.39, 0.29) is 33.2 Å². The number of benzene rings is 2. The van der Waals surface area contributed by atoms with E-state index >= 15 is 4.39 Å². The molecule has 262 valence electrons. The van der Waals surface area contributed by atoms with Crippen LogP contribution in [0.15, 0.2) is 59.7 Å². The molecule has 3 aliphatic rings. The minimum absolute atomic E-state index is 0. The van der Waals surface area contributed by atoms with Gasteiger partial charge in [-0.2, -0.15) is 0 Å². The molecule has 2 saturated heterocycles. The minimum atomic E-state index is -0.394. The predicted molar refractivity (Wildman–Crippen MR) is 190 cm³/mol. The SMILES string of the molecule is COC(=O)N[C@H]1CCC[C@@H]1[C@](CCn1ccnc1C)(c1cccc(F)c1)C1CCN(CC2CN(Cc3ccc4[nH]c(=O)[nH]c4c3)C2)CC1.[HH].[HH].[HH]. The summed E-state index contributed by atoms with van der Waals surface area (Å²) in [5.74, 6) is 1.92. The number of likely N-dealkylation sites (tertiary alicyclic amines) is 2. The van der Waals surface area contributed by atoms with Crippen LogP contribution in [-0.2, 0) is 23.2 Å². The largest absolute Gasteiger partial charge is 0.453 e. The van der Waals surface area contributed by atoms with Gasteiger partial charge >= 0.3 is 11.8 Å². The number of carbonyl (C=O) groups excluding carboxylic acids is 1. The molecule has 0 bridgehead atoms. The zero-order chi connectivity index (χ0) is 33.3. The lowest BCUT2D eigenvalue weighted by atomic mass is 9.56. The molecule has 3 N–H and O–H groups in total. The fraction of sp³-hybridized carbons (Fsp3) is 0.541. The number of aromatic amines is 2. The number of nitrogens with zero attached hydrogens (tertiary/aromatic N) is 4. The lowest BCUT2D eigenvalue weighted by Crippen LogP contribution is -2.55. The summed E-state index contributed by atoms with van der Waals surface area (Å²) in [5, 5.41) is 3.19. The van der Waals surface area contributed by atoms with Crippen LogP contribution in [0.4, 0.5) is 9.18 Å². The number of nitrogens with one attached hydrogen (secondary N) is 3. The molecule has 2 aliphatic heterocycles. The first kappa shape index (κ1) is 32.6. The zero-order valence-electron chi connectivity index (χ0n) is 28.1. The molecule has 1 saturated carbocycles. The van der Waals surface area contributed by atoms with Gasteiger partial charge in [0, 0.05) is 60.9 Å². The maximum absolute atomic E-state index is 15.0. The van der Waals surface area contributed by atoms with E-state index in [1.54, 1.807) is 6.07 Å². The molecule has 1 amide bonds. The van der Waals surface area contributed by atoms with Crippen molar-refractivity contribution in [3.05, 3.63) is 88.1 Å². The number of H-pyrrole nitrogens is 2. The van der Waals surface area contributed by atoms with Crippen molar-refractivity contribution in [2.45, 2.75) is 70.0 Å². The quantitative estimate of drug-likeness (QED) is 0.183. The van der Waals surface area contributed by atoms with Crippen molar-refractivity contribution in [3.63, 3.8) is 0 Å². The van der Waals surface area contributed by atoms with Gasteiger partial charge in [0.25, 0.3) is 0 Å². The third-order valence-electron chi connectivity index (χ3n) is 11.6. The summed E-state index contributed by atoms with van der Waals surface area (Å²) in [5.41, 5.74) is 3.48. The molecule has 2 aromatic heterocycles. The van der Waals surface area contributed by atoms with Crippen LogP contribution in [0.5, 0.6) is 0 Å². The van der Waals surface area contributed by atoms with Crippen LogP contribution in [0.3, 0.4) is 0 Å². The van der Waals surface area contributed by atoms with Crippen molar-refractivity contribution in [1.82, 2.24) is 34.6 Å². The van der Waals surface area contributed by atoms with Crippen LogP contribution in [0, 0.1) is 30.5 Å². The molecular weight excluding hydrogens is 609 g/mol. The Morgan fingerprint density at radius 2 is 1.90 bits per heavy atom. The monoisotopic (exact) mass is 663 g/mol. The molecule has 0 unspecified atom stereocenters. The van der Waals surface area contributed by atoms with E-state index < -0.39 is 6.09 Å². The van der Waals surface area contributed by atoms with E-state index in [0.29, 0.717) is 11.8 Å². The Hall–Kier alpha value is -3.96. The van der Waals surface area contributed by atoms with Gasteiger partial charge in [-0.1, -0.05) is 24.6 Å². The van der Waals surface area contributed by atoms with Crippen LogP contribution in [0.2, 0.25) is 0 Å². The molecule has 3 fully saturated rings. The van der Waals surface area contributed by atoms with E-state index in [1.165, 1.54) is 18.7 Å². The first-order valence-electron chi connectivity index (χ1n) is 17.5. The number of aryl methyl sites for hydroxylation is 2. The lowest BCUT2D eigenvalue weighted by molar-refractivity contribution is 0.0278. The van der Waals surface area contributed by atoms with E-state index in [4.69, 9.17) is 4.74 Å². The van der Waals surface area contributed by atoms with E-state index in [1.807, 2.05) is 31.5 Å². The van der Waals surface area contributed by atoms with Gasteiger partial charge in [0.2, 0.25) is 0 Å². The molecule has 7 rings (SSSR count). The smallest absolute Gasteiger partial charge is 0.407 e. The van der Waals surface area contributed by atoms with Crippen molar-refractivity contribution >= 4 is 17.1 Å². The van der Waals surface area contributed by atoms with Crippen LogP contribution < -0.4 is 11.0 Å². The number of hydrogen-bond acceptors (Lipinski definition) is 6. The van der Waals surface area contributed by atoms with E-state index in [0.717, 1.165) is 107 Å².